The average molecular weight is 774 g/mol. The minimum Gasteiger partial charge on any atom is -0.392 e. The van der Waals surface area contributed by atoms with Crippen molar-refractivity contribution >= 4 is 5.78 Å². The van der Waals surface area contributed by atoms with Gasteiger partial charge in [-0.2, -0.15) is 0 Å². The van der Waals surface area contributed by atoms with Crippen molar-refractivity contribution in [3.8, 4) is 0 Å². The van der Waals surface area contributed by atoms with Gasteiger partial charge in [0.15, 0.2) is 5.79 Å². The first-order chi connectivity index (χ1) is 26.2. The minimum absolute atomic E-state index is 0.00204. The molecule has 10 aliphatic rings. The molecule has 4 N–H and O–H groups in total. The van der Waals surface area contributed by atoms with Crippen LogP contribution in [-0.4, -0.2) is 126 Å². The molecule has 10 aliphatic heterocycles. The fraction of sp³-hybridized carbons (Fsp3) is 0.884. The largest absolute Gasteiger partial charge is 0.392 e. The highest BCUT2D eigenvalue weighted by Crippen LogP contribution is 2.53. The maximum absolute atomic E-state index is 14.1. The van der Waals surface area contributed by atoms with Crippen LogP contribution < -0.4 is 5.73 Å². The van der Waals surface area contributed by atoms with Gasteiger partial charge in [-0.1, -0.05) is 33.9 Å². The fourth-order valence-electron chi connectivity index (χ4n) is 11.8. The second-order valence-electron chi connectivity index (χ2n) is 19.0. The Kier molecular flexibility index (Phi) is 11.6. The zero-order chi connectivity index (χ0) is 39.0. The van der Waals surface area contributed by atoms with Crippen molar-refractivity contribution in [2.75, 3.05) is 13.7 Å². The quantitative estimate of drug-likeness (QED) is 0.349. The maximum Gasteiger partial charge on any atom is 0.168 e. The molecule has 12 heteroatoms. The van der Waals surface area contributed by atoms with Crippen LogP contribution in [0.25, 0.3) is 0 Å². The number of carbonyl (C=O) groups excluding carboxylic acids is 1. The van der Waals surface area contributed by atoms with Crippen LogP contribution in [-0.2, 0) is 42.7 Å². The topological polar surface area (TPSA) is 157 Å². The normalized spacial score (nSPS) is 52.4. The lowest BCUT2D eigenvalue weighted by atomic mass is 9.75. The van der Waals surface area contributed by atoms with Crippen molar-refractivity contribution in [3.63, 3.8) is 0 Å². The Labute approximate surface area is 327 Å². The van der Waals surface area contributed by atoms with Crippen LogP contribution in [0.4, 0.5) is 0 Å². The molecule has 12 nitrogen and oxygen atoms in total. The number of aliphatic hydroxyl groups is 2. The molecule has 13 unspecified atom stereocenters. The Morgan fingerprint density at radius 3 is 2.44 bits per heavy atom. The lowest BCUT2D eigenvalue weighted by molar-refractivity contribution is -0.300. The average Bonchev–Trinajstić information content (AvgIpc) is 3.86. The number of carbonyl (C=O) groups is 1. The number of aliphatic hydroxyl groups excluding tert-OH is 1. The molecule has 55 heavy (non-hydrogen) atoms. The number of rotatable bonds is 4. The molecule has 310 valence electrons. The van der Waals surface area contributed by atoms with Crippen molar-refractivity contribution in [2.45, 2.75) is 202 Å². The van der Waals surface area contributed by atoms with Gasteiger partial charge in [0.2, 0.25) is 0 Å². The summed E-state index contributed by atoms with van der Waals surface area (Å²) in [5.74, 6) is -1.17. The number of hydrogen-bond donors (Lipinski definition) is 3. The molecule has 0 aromatic rings. The van der Waals surface area contributed by atoms with Crippen molar-refractivity contribution in [3.05, 3.63) is 24.3 Å². The molecule has 10 saturated heterocycles. The monoisotopic (exact) mass is 773 g/mol. The molecular formula is C43H67NO11. The lowest BCUT2D eigenvalue weighted by Gasteiger charge is -2.53. The van der Waals surface area contributed by atoms with E-state index < -0.39 is 23.6 Å². The van der Waals surface area contributed by atoms with Gasteiger partial charge >= 0.3 is 0 Å². The first kappa shape index (κ1) is 40.5. The molecule has 10 fully saturated rings. The van der Waals surface area contributed by atoms with Gasteiger partial charge in [-0.05, 0) is 68.4 Å². The second kappa shape index (κ2) is 15.7. The molecule has 12 bridgehead atoms. The Morgan fingerprint density at radius 1 is 0.873 bits per heavy atom. The van der Waals surface area contributed by atoms with Crippen LogP contribution in [0.3, 0.4) is 0 Å². The molecule has 0 radical (unpaired) electrons. The molecule has 0 spiro atoms. The molecule has 0 aromatic carbocycles. The molecule has 0 amide bonds. The summed E-state index contributed by atoms with van der Waals surface area (Å²) in [4.78, 5) is 14.1. The van der Waals surface area contributed by atoms with E-state index in [-0.39, 0.29) is 122 Å². The summed E-state index contributed by atoms with van der Waals surface area (Å²) in [5, 5.41) is 22.4. The van der Waals surface area contributed by atoms with E-state index in [2.05, 4.69) is 40.9 Å². The summed E-state index contributed by atoms with van der Waals surface area (Å²) in [6.45, 7) is 17.6. The van der Waals surface area contributed by atoms with E-state index in [1.165, 1.54) is 0 Å². The van der Waals surface area contributed by atoms with Crippen LogP contribution in [0.1, 0.15) is 105 Å². The first-order valence-electron chi connectivity index (χ1n) is 21.3. The molecule has 0 aromatic heterocycles. The molecule has 10 heterocycles. The van der Waals surface area contributed by atoms with Crippen LogP contribution >= 0.6 is 0 Å². The van der Waals surface area contributed by atoms with Gasteiger partial charge in [0, 0.05) is 64.0 Å². The number of hydrogen-bond acceptors (Lipinski definition) is 12. The summed E-state index contributed by atoms with van der Waals surface area (Å²) >= 11 is 0. The van der Waals surface area contributed by atoms with E-state index >= 15 is 0 Å². The first-order valence-corrected chi connectivity index (χ1v) is 21.3. The molecule has 10 rings (SSSR count). The minimum atomic E-state index is -1.33. The van der Waals surface area contributed by atoms with Crippen molar-refractivity contribution in [2.24, 2.45) is 29.4 Å². The summed E-state index contributed by atoms with van der Waals surface area (Å²) in [6, 6.07) is 0. The van der Waals surface area contributed by atoms with Gasteiger partial charge in [0.25, 0.3) is 0 Å². The zero-order valence-corrected chi connectivity index (χ0v) is 33.6. The van der Waals surface area contributed by atoms with E-state index in [1.807, 2.05) is 0 Å². The maximum atomic E-state index is 14.1. The third kappa shape index (κ3) is 7.81. The number of fused-ring (bicyclic) bond motifs is 1. The highest BCUT2D eigenvalue weighted by molar-refractivity contribution is 5.79. The van der Waals surface area contributed by atoms with Crippen molar-refractivity contribution < 1.29 is 52.9 Å². The van der Waals surface area contributed by atoms with E-state index in [9.17, 15) is 15.0 Å². The van der Waals surface area contributed by atoms with Crippen molar-refractivity contribution in [1.29, 1.82) is 0 Å². The number of methoxy groups -OCH3 is 1. The summed E-state index contributed by atoms with van der Waals surface area (Å²) in [6.07, 6.45) is 2.93. The van der Waals surface area contributed by atoms with Gasteiger partial charge in [0.1, 0.15) is 18.0 Å². The predicted octanol–water partition coefficient (Wildman–Crippen LogP) is 4.30. The summed E-state index contributed by atoms with van der Waals surface area (Å²) in [7, 11) is 1.66. The van der Waals surface area contributed by atoms with E-state index in [4.69, 9.17) is 43.6 Å². The molecule has 20 atom stereocenters. The number of nitrogens with two attached hydrogens (primary N) is 1. The standard InChI is InChI=1S/C43H67NO11/c1-21-12-28-8-9-31-22(2)13-32(51-31)23(3)18-43(47)19-36-39(55-43)40-37(53-36)25(5)41-42(6,54-40)11-10-29(50-41)14-26(45)15-30-34(17-33(49-28)24(21)4)52-35(38(30)48-7)16-27(46)20-44/h21,23,25,27-41,46-47H,2,4,8-20,44H2,1,3,5-7H3/t21-,23+,25?,27?,28?,29?,30?,31?,32?,33?,34?,35?,36-,37?,38-,39?,40-,41-,42?,43-/m1/s1. The van der Waals surface area contributed by atoms with Crippen LogP contribution in [0.15, 0.2) is 24.3 Å². The number of Topliss-reactive ketones (excluding diaryl/α,β-unsaturated/α-hetero) is 1. The van der Waals surface area contributed by atoms with Gasteiger partial charge in [-0.3, -0.25) is 4.79 Å². The fourth-order valence-corrected chi connectivity index (χ4v) is 11.8. The third-order valence-corrected chi connectivity index (χ3v) is 14.9. The Bertz CT molecular complexity index is 1440. The summed E-state index contributed by atoms with van der Waals surface area (Å²) in [5.41, 5.74) is 7.37. The third-order valence-electron chi connectivity index (χ3n) is 14.9. The van der Waals surface area contributed by atoms with Crippen molar-refractivity contribution in [1.82, 2.24) is 0 Å². The Balaban J connectivity index is 1.06. The van der Waals surface area contributed by atoms with Crippen LogP contribution in [0.2, 0.25) is 0 Å². The highest BCUT2D eigenvalue weighted by Gasteiger charge is 2.65. The van der Waals surface area contributed by atoms with Gasteiger partial charge in [0.05, 0.1) is 78.8 Å². The number of ether oxygens (including phenoxy) is 8. The van der Waals surface area contributed by atoms with Crippen LogP contribution in [0, 0.1) is 23.7 Å². The Morgan fingerprint density at radius 2 is 1.67 bits per heavy atom. The van der Waals surface area contributed by atoms with Gasteiger partial charge in [-0.15, -0.1) is 0 Å². The Hall–Kier alpha value is -1.29. The van der Waals surface area contributed by atoms with E-state index in [0.29, 0.717) is 32.1 Å². The summed E-state index contributed by atoms with van der Waals surface area (Å²) < 4.78 is 53.1. The second-order valence-corrected chi connectivity index (χ2v) is 19.0. The van der Waals surface area contributed by atoms with Gasteiger partial charge in [-0.25, -0.2) is 0 Å². The predicted molar refractivity (Wildman–Crippen MR) is 202 cm³/mol. The highest BCUT2D eigenvalue weighted by atomic mass is 16.7. The molecule has 0 aliphatic carbocycles. The molecule has 0 saturated carbocycles. The molecular weight excluding hydrogens is 706 g/mol. The van der Waals surface area contributed by atoms with Crippen LogP contribution in [0.5, 0.6) is 0 Å². The zero-order valence-electron chi connectivity index (χ0n) is 33.6. The number of ketones is 1. The SMILES string of the molecule is C=C1CC2OC1CCC1C[C@@H](C)C(=C)C(CC3OC(CC(O)CN)[C@H](OC)C3CC(=O)CC3CCC4(C)O[C@@H]5C(O[C@@H]6C[C@@](O)(C[C@@H]2C)OC56)C(C)[C@H]4O3)O1. The van der Waals surface area contributed by atoms with E-state index in [1.54, 1.807) is 7.11 Å². The van der Waals surface area contributed by atoms with Gasteiger partial charge < -0.3 is 53.8 Å². The smallest absolute Gasteiger partial charge is 0.168 e. The lowest BCUT2D eigenvalue weighted by Crippen LogP contribution is -2.64. The van der Waals surface area contributed by atoms with E-state index in [0.717, 1.165) is 43.3 Å².